The average Bonchev–Trinajstić information content (AvgIpc) is 2.85. The first-order valence-corrected chi connectivity index (χ1v) is 12.7. The first kappa shape index (κ1) is 30.1. The summed E-state index contributed by atoms with van der Waals surface area (Å²) in [7, 11) is 1.71. The Kier molecular flexibility index (Phi) is 8.87. The number of ether oxygens (including phenoxy) is 2. The van der Waals surface area contributed by atoms with Gasteiger partial charge in [-0.25, -0.2) is 23.7 Å². The number of carboxylic acids is 1. The Bertz CT molecular complexity index is 1340. The van der Waals surface area contributed by atoms with Crippen LogP contribution in [0.2, 0.25) is 0 Å². The third-order valence-corrected chi connectivity index (χ3v) is 5.66. The van der Waals surface area contributed by atoms with E-state index in [9.17, 15) is 23.9 Å². The van der Waals surface area contributed by atoms with Gasteiger partial charge < -0.3 is 19.5 Å². The van der Waals surface area contributed by atoms with E-state index in [0.29, 0.717) is 16.9 Å². The molecular formula is C31H35FN2O6. The summed E-state index contributed by atoms with van der Waals surface area (Å²) in [5.41, 5.74) is 1.74. The SMILES string of the molecule is CN(c1ccc(F)cc1)c1cc(-c2ccc(CN(C(=O)OC(C)(C)C)C(=O)OC(C)(C)C)cc2)ccc1C(=O)O. The molecule has 212 valence electrons. The second-order valence-electron chi connectivity index (χ2n) is 11.3. The van der Waals surface area contributed by atoms with E-state index in [1.165, 1.54) is 18.2 Å². The third-order valence-electron chi connectivity index (χ3n) is 5.66. The van der Waals surface area contributed by atoms with Crippen molar-refractivity contribution in [1.82, 2.24) is 4.90 Å². The predicted octanol–water partition coefficient (Wildman–Crippen LogP) is 7.63. The molecule has 40 heavy (non-hydrogen) atoms. The number of anilines is 2. The number of hydrogen-bond acceptors (Lipinski definition) is 6. The molecule has 2 amide bonds. The minimum Gasteiger partial charge on any atom is -0.478 e. The van der Waals surface area contributed by atoms with E-state index in [1.807, 2.05) is 12.1 Å². The van der Waals surface area contributed by atoms with E-state index in [2.05, 4.69) is 0 Å². The van der Waals surface area contributed by atoms with Crippen LogP contribution in [0.1, 0.15) is 57.5 Å². The number of rotatable bonds is 6. The number of imide groups is 1. The molecule has 0 bridgehead atoms. The maximum Gasteiger partial charge on any atom is 0.420 e. The van der Waals surface area contributed by atoms with Gasteiger partial charge in [0.25, 0.3) is 0 Å². The van der Waals surface area contributed by atoms with Crippen LogP contribution in [0.5, 0.6) is 0 Å². The van der Waals surface area contributed by atoms with Gasteiger partial charge in [0.2, 0.25) is 0 Å². The summed E-state index contributed by atoms with van der Waals surface area (Å²) in [4.78, 5) is 40.2. The highest BCUT2D eigenvalue weighted by molar-refractivity contribution is 5.97. The lowest BCUT2D eigenvalue weighted by molar-refractivity contribution is -0.000283. The normalized spacial score (nSPS) is 11.5. The molecule has 0 aliphatic heterocycles. The highest BCUT2D eigenvalue weighted by atomic mass is 19.1. The van der Waals surface area contributed by atoms with Crippen molar-refractivity contribution in [2.24, 2.45) is 0 Å². The fourth-order valence-electron chi connectivity index (χ4n) is 3.80. The number of carboxylic acid groups (broad SMARTS) is 1. The fourth-order valence-corrected chi connectivity index (χ4v) is 3.80. The van der Waals surface area contributed by atoms with Crippen LogP contribution in [0.4, 0.5) is 25.4 Å². The summed E-state index contributed by atoms with van der Waals surface area (Å²) in [6, 6.07) is 17.9. The molecule has 3 aromatic carbocycles. The van der Waals surface area contributed by atoms with Crippen molar-refractivity contribution in [3.63, 3.8) is 0 Å². The van der Waals surface area contributed by atoms with Crippen molar-refractivity contribution >= 4 is 29.5 Å². The second kappa shape index (κ2) is 11.8. The van der Waals surface area contributed by atoms with Crippen LogP contribution in [-0.2, 0) is 16.0 Å². The minimum atomic E-state index is -1.09. The lowest BCUT2D eigenvalue weighted by Crippen LogP contribution is -2.43. The third kappa shape index (κ3) is 8.05. The van der Waals surface area contributed by atoms with Crippen LogP contribution in [-0.4, -0.2) is 46.4 Å². The molecule has 9 heteroatoms. The van der Waals surface area contributed by atoms with Gasteiger partial charge in [0.05, 0.1) is 17.8 Å². The molecule has 0 aromatic heterocycles. The molecule has 3 aromatic rings. The molecule has 0 atom stereocenters. The largest absolute Gasteiger partial charge is 0.478 e. The molecule has 8 nitrogen and oxygen atoms in total. The molecule has 1 N–H and O–H groups in total. The fraction of sp³-hybridized carbons (Fsp3) is 0.323. The quantitative estimate of drug-likeness (QED) is 0.337. The zero-order valence-electron chi connectivity index (χ0n) is 23.8. The molecule has 3 rings (SSSR count). The number of carbonyl (C=O) groups excluding carboxylic acids is 2. The number of halogens is 1. The van der Waals surface area contributed by atoms with E-state index < -0.39 is 29.4 Å². The van der Waals surface area contributed by atoms with Gasteiger partial charge in [-0.3, -0.25) is 0 Å². The van der Waals surface area contributed by atoms with Crippen LogP contribution in [0.25, 0.3) is 11.1 Å². The molecule has 0 heterocycles. The molecule has 0 fully saturated rings. The van der Waals surface area contributed by atoms with E-state index in [1.54, 1.807) is 89.9 Å². The number of benzene rings is 3. The summed E-state index contributed by atoms with van der Waals surface area (Å²) < 4.78 is 24.3. The first-order chi connectivity index (χ1) is 18.5. The number of aromatic carboxylic acids is 1. The second-order valence-corrected chi connectivity index (χ2v) is 11.3. The molecule has 0 unspecified atom stereocenters. The van der Waals surface area contributed by atoms with Gasteiger partial charge in [-0.2, -0.15) is 0 Å². The van der Waals surface area contributed by atoms with E-state index >= 15 is 0 Å². The van der Waals surface area contributed by atoms with E-state index in [4.69, 9.17) is 9.47 Å². The zero-order valence-corrected chi connectivity index (χ0v) is 23.8. The number of nitrogens with zero attached hydrogens (tertiary/aromatic N) is 2. The summed E-state index contributed by atoms with van der Waals surface area (Å²) in [5, 5.41) is 9.75. The molecule has 0 saturated heterocycles. The highest BCUT2D eigenvalue weighted by Gasteiger charge is 2.31. The average molecular weight is 551 g/mol. The van der Waals surface area contributed by atoms with Crippen molar-refractivity contribution in [1.29, 1.82) is 0 Å². The first-order valence-electron chi connectivity index (χ1n) is 12.7. The van der Waals surface area contributed by atoms with Gasteiger partial charge in [0.15, 0.2) is 0 Å². The Labute approximate surface area is 233 Å². The maximum absolute atomic E-state index is 13.4. The van der Waals surface area contributed by atoms with Gasteiger partial charge in [0.1, 0.15) is 17.0 Å². The molecule has 0 radical (unpaired) electrons. The molecule has 0 saturated carbocycles. The standard InChI is InChI=1S/C31H35FN2O6/c1-30(2,3)39-28(37)34(29(38)40-31(4,5)6)19-20-8-10-21(11-9-20)22-12-17-25(27(35)36)26(18-22)33(7)24-15-13-23(32)14-16-24/h8-18H,19H2,1-7H3,(H,35,36). The maximum atomic E-state index is 13.4. The van der Waals surface area contributed by atoms with E-state index in [0.717, 1.165) is 16.0 Å². The van der Waals surface area contributed by atoms with Gasteiger partial charge >= 0.3 is 18.2 Å². The Balaban J connectivity index is 1.90. The molecule has 0 aliphatic rings. The topological polar surface area (TPSA) is 96.4 Å². The van der Waals surface area contributed by atoms with Crippen molar-refractivity contribution in [2.75, 3.05) is 11.9 Å². The summed E-state index contributed by atoms with van der Waals surface area (Å²) in [5.74, 6) is -1.48. The van der Waals surface area contributed by atoms with Gasteiger partial charge in [0, 0.05) is 12.7 Å². The lowest BCUT2D eigenvalue weighted by atomic mass is 10.00. The number of amides is 2. The highest BCUT2D eigenvalue weighted by Crippen LogP contribution is 2.32. The van der Waals surface area contributed by atoms with Crippen LogP contribution in [0, 0.1) is 5.82 Å². The van der Waals surface area contributed by atoms with Crippen molar-refractivity contribution in [3.05, 3.63) is 83.7 Å². The van der Waals surface area contributed by atoms with Crippen LogP contribution < -0.4 is 4.90 Å². The van der Waals surface area contributed by atoms with E-state index in [-0.39, 0.29) is 17.9 Å². The molecular weight excluding hydrogens is 515 g/mol. The zero-order chi connectivity index (χ0) is 29.8. The van der Waals surface area contributed by atoms with Gasteiger partial charge in [-0.05, 0) is 94.6 Å². The summed E-state index contributed by atoms with van der Waals surface area (Å²) >= 11 is 0. The predicted molar refractivity (Wildman–Crippen MR) is 151 cm³/mol. The van der Waals surface area contributed by atoms with Crippen LogP contribution >= 0.6 is 0 Å². The van der Waals surface area contributed by atoms with Crippen LogP contribution in [0.3, 0.4) is 0 Å². The monoisotopic (exact) mass is 550 g/mol. The number of hydrogen-bond donors (Lipinski definition) is 1. The molecule has 0 aliphatic carbocycles. The van der Waals surface area contributed by atoms with Crippen molar-refractivity contribution in [2.45, 2.75) is 59.3 Å². The summed E-state index contributed by atoms with van der Waals surface area (Å²) in [6.45, 7) is 10.2. The summed E-state index contributed by atoms with van der Waals surface area (Å²) in [6.07, 6.45) is -1.63. The van der Waals surface area contributed by atoms with Gasteiger partial charge in [-0.15, -0.1) is 0 Å². The minimum absolute atomic E-state index is 0.0688. The Morgan fingerprint density at radius 3 is 1.75 bits per heavy atom. The van der Waals surface area contributed by atoms with Crippen molar-refractivity contribution < 1.29 is 33.4 Å². The van der Waals surface area contributed by atoms with Crippen LogP contribution in [0.15, 0.2) is 66.7 Å². The Hall–Kier alpha value is -4.40. The number of carbonyl (C=O) groups is 3. The lowest BCUT2D eigenvalue weighted by Gasteiger charge is -2.28. The Morgan fingerprint density at radius 2 is 1.27 bits per heavy atom. The van der Waals surface area contributed by atoms with Gasteiger partial charge in [-0.1, -0.05) is 30.3 Å². The van der Waals surface area contributed by atoms with Crippen molar-refractivity contribution in [3.8, 4) is 11.1 Å². The Morgan fingerprint density at radius 1 is 0.775 bits per heavy atom. The molecule has 0 spiro atoms. The smallest absolute Gasteiger partial charge is 0.420 e.